The Morgan fingerprint density at radius 1 is 1.09 bits per heavy atom. The monoisotopic (exact) mass is 314 g/mol. The van der Waals surface area contributed by atoms with E-state index in [9.17, 15) is 14.4 Å². The summed E-state index contributed by atoms with van der Waals surface area (Å²) in [5.74, 6) is -1.81. The lowest BCUT2D eigenvalue weighted by Gasteiger charge is -2.18. The summed E-state index contributed by atoms with van der Waals surface area (Å²) < 4.78 is 10.6. The number of carbonyl (C=O) groups is 3. The average Bonchev–Trinajstić information content (AvgIpc) is 3.24. The lowest BCUT2D eigenvalue weighted by molar-refractivity contribution is -0.145. The fourth-order valence-electron chi connectivity index (χ4n) is 3.32. The SMILES string of the molecule is COc1ccc(C(=O)NN2C(=O)[C@@H]3[C@@H](C2=O)[C@@H]2C=C[C@@H]3O2)cc1. The first-order valence-corrected chi connectivity index (χ1v) is 7.27. The van der Waals surface area contributed by atoms with Crippen LogP contribution in [0.15, 0.2) is 36.4 Å². The smallest absolute Gasteiger partial charge is 0.270 e. The van der Waals surface area contributed by atoms with Gasteiger partial charge in [-0.05, 0) is 24.3 Å². The maximum absolute atomic E-state index is 12.4. The molecule has 3 amide bonds. The summed E-state index contributed by atoms with van der Waals surface area (Å²) in [6.45, 7) is 0. The van der Waals surface area contributed by atoms with Gasteiger partial charge in [0.2, 0.25) is 0 Å². The molecule has 0 radical (unpaired) electrons. The second-order valence-electron chi connectivity index (χ2n) is 5.68. The number of fused-ring (bicyclic) bond motifs is 5. The van der Waals surface area contributed by atoms with E-state index in [0.29, 0.717) is 11.3 Å². The van der Waals surface area contributed by atoms with E-state index in [2.05, 4.69) is 5.43 Å². The first-order chi connectivity index (χ1) is 11.1. The Morgan fingerprint density at radius 3 is 2.17 bits per heavy atom. The lowest BCUT2D eigenvalue weighted by atomic mass is 9.85. The lowest BCUT2D eigenvalue weighted by Crippen LogP contribution is -2.47. The highest BCUT2D eigenvalue weighted by atomic mass is 16.5. The van der Waals surface area contributed by atoms with E-state index in [-0.39, 0.29) is 12.2 Å². The Labute approximate surface area is 131 Å². The van der Waals surface area contributed by atoms with Crippen LogP contribution in [-0.4, -0.2) is 42.0 Å². The summed E-state index contributed by atoms with van der Waals surface area (Å²) in [7, 11) is 1.53. The van der Waals surface area contributed by atoms with Crippen molar-refractivity contribution in [3.8, 4) is 5.75 Å². The van der Waals surface area contributed by atoms with Crippen LogP contribution in [0.5, 0.6) is 5.75 Å². The van der Waals surface area contributed by atoms with Crippen molar-refractivity contribution in [1.82, 2.24) is 10.4 Å². The molecule has 2 fully saturated rings. The average molecular weight is 314 g/mol. The van der Waals surface area contributed by atoms with Gasteiger partial charge in [-0.15, -0.1) is 0 Å². The summed E-state index contributed by atoms with van der Waals surface area (Å²) in [6.07, 6.45) is 2.85. The van der Waals surface area contributed by atoms with Crippen molar-refractivity contribution in [3.63, 3.8) is 0 Å². The molecule has 7 nitrogen and oxygen atoms in total. The molecule has 0 saturated carbocycles. The van der Waals surface area contributed by atoms with E-state index in [0.717, 1.165) is 5.01 Å². The molecule has 0 unspecified atom stereocenters. The van der Waals surface area contributed by atoms with E-state index < -0.39 is 29.6 Å². The Morgan fingerprint density at radius 2 is 1.65 bits per heavy atom. The number of imide groups is 1. The molecular weight excluding hydrogens is 300 g/mol. The van der Waals surface area contributed by atoms with Gasteiger partial charge in [-0.3, -0.25) is 19.8 Å². The number of carbonyl (C=O) groups excluding carboxylic acids is 3. The van der Waals surface area contributed by atoms with Gasteiger partial charge in [-0.1, -0.05) is 12.2 Å². The Bertz CT molecular complexity index is 696. The normalized spacial score (nSPS) is 30.7. The minimum Gasteiger partial charge on any atom is -0.497 e. The highest BCUT2D eigenvalue weighted by Gasteiger charge is 2.61. The fourth-order valence-corrected chi connectivity index (χ4v) is 3.32. The molecule has 4 rings (SSSR count). The molecular formula is C16H14N2O5. The number of hydrazine groups is 1. The molecule has 3 aliphatic rings. The van der Waals surface area contributed by atoms with Crippen LogP contribution in [0.2, 0.25) is 0 Å². The Kier molecular flexibility index (Phi) is 2.99. The number of methoxy groups -OCH3 is 1. The van der Waals surface area contributed by atoms with Crippen molar-refractivity contribution in [2.45, 2.75) is 12.2 Å². The van der Waals surface area contributed by atoms with Gasteiger partial charge >= 0.3 is 0 Å². The molecule has 1 aromatic carbocycles. The van der Waals surface area contributed by atoms with E-state index in [4.69, 9.17) is 9.47 Å². The van der Waals surface area contributed by atoms with Gasteiger partial charge in [-0.25, -0.2) is 0 Å². The Hall–Kier alpha value is -2.67. The van der Waals surface area contributed by atoms with Crippen molar-refractivity contribution >= 4 is 17.7 Å². The largest absolute Gasteiger partial charge is 0.497 e. The molecule has 0 aromatic heterocycles. The van der Waals surface area contributed by atoms with Gasteiger partial charge in [0.15, 0.2) is 0 Å². The van der Waals surface area contributed by atoms with E-state index in [1.54, 1.807) is 36.4 Å². The van der Waals surface area contributed by atoms with Gasteiger partial charge in [-0.2, -0.15) is 5.01 Å². The first-order valence-electron chi connectivity index (χ1n) is 7.27. The molecule has 3 aliphatic heterocycles. The van der Waals surface area contributed by atoms with Crippen LogP contribution in [0, 0.1) is 11.8 Å². The minimum atomic E-state index is -0.534. The van der Waals surface area contributed by atoms with Crippen molar-refractivity contribution < 1.29 is 23.9 Å². The molecule has 7 heteroatoms. The van der Waals surface area contributed by atoms with Gasteiger partial charge in [0, 0.05) is 5.56 Å². The predicted molar refractivity (Wildman–Crippen MR) is 77.1 cm³/mol. The third-order valence-corrected chi connectivity index (χ3v) is 4.48. The number of nitrogens with zero attached hydrogens (tertiary/aromatic N) is 1. The molecule has 2 bridgehead atoms. The van der Waals surface area contributed by atoms with Gasteiger partial charge in [0.25, 0.3) is 17.7 Å². The molecule has 4 atom stereocenters. The summed E-state index contributed by atoms with van der Waals surface area (Å²) in [6, 6.07) is 6.40. The number of hydrogen-bond acceptors (Lipinski definition) is 5. The maximum atomic E-state index is 12.4. The third-order valence-electron chi connectivity index (χ3n) is 4.48. The van der Waals surface area contributed by atoms with Crippen LogP contribution in [-0.2, 0) is 14.3 Å². The highest BCUT2D eigenvalue weighted by Crippen LogP contribution is 2.44. The van der Waals surface area contributed by atoms with Crippen molar-refractivity contribution in [3.05, 3.63) is 42.0 Å². The molecule has 1 N–H and O–H groups in total. The summed E-state index contributed by atoms with van der Waals surface area (Å²) in [5.41, 5.74) is 2.73. The molecule has 118 valence electrons. The topological polar surface area (TPSA) is 84.9 Å². The number of rotatable bonds is 3. The van der Waals surface area contributed by atoms with E-state index in [1.807, 2.05) is 0 Å². The molecule has 1 aromatic rings. The third kappa shape index (κ3) is 1.97. The highest BCUT2D eigenvalue weighted by molar-refractivity contribution is 6.09. The van der Waals surface area contributed by atoms with E-state index in [1.165, 1.54) is 7.11 Å². The van der Waals surface area contributed by atoms with Crippen LogP contribution in [0.1, 0.15) is 10.4 Å². The molecule has 3 heterocycles. The molecule has 23 heavy (non-hydrogen) atoms. The second-order valence-corrected chi connectivity index (χ2v) is 5.68. The number of hydrogen-bond donors (Lipinski definition) is 1. The van der Waals surface area contributed by atoms with Gasteiger partial charge < -0.3 is 9.47 Å². The number of nitrogens with one attached hydrogen (secondary N) is 1. The predicted octanol–water partition coefficient (Wildman–Crippen LogP) is 0.278. The summed E-state index contributed by atoms with van der Waals surface area (Å²) >= 11 is 0. The number of ether oxygens (including phenoxy) is 2. The van der Waals surface area contributed by atoms with Crippen molar-refractivity contribution in [1.29, 1.82) is 0 Å². The van der Waals surface area contributed by atoms with Crippen LogP contribution >= 0.6 is 0 Å². The van der Waals surface area contributed by atoms with E-state index >= 15 is 0 Å². The van der Waals surface area contributed by atoms with Crippen molar-refractivity contribution in [2.24, 2.45) is 11.8 Å². The van der Waals surface area contributed by atoms with Crippen LogP contribution in [0.4, 0.5) is 0 Å². The van der Waals surface area contributed by atoms with Crippen molar-refractivity contribution in [2.75, 3.05) is 7.11 Å². The maximum Gasteiger partial charge on any atom is 0.270 e. The Balaban J connectivity index is 1.52. The van der Waals surface area contributed by atoms with Crippen LogP contribution in [0.25, 0.3) is 0 Å². The summed E-state index contributed by atoms with van der Waals surface area (Å²) in [5, 5.41) is 0.831. The molecule has 0 spiro atoms. The minimum absolute atomic E-state index is 0.334. The molecule has 2 saturated heterocycles. The molecule has 0 aliphatic carbocycles. The van der Waals surface area contributed by atoms with Gasteiger partial charge in [0.05, 0.1) is 31.2 Å². The van der Waals surface area contributed by atoms with Gasteiger partial charge in [0.1, 0.15) is 5.75 Å². The standard InChI is InChI=1S/C16H14N2O5/c1-22-9-4-2-8(3-5-9)14(19)17-18-15(20)12-10-6-7-11(23-10)13(12)16(18)21/h2-7,10-13H,1H3,(H,17,19)/t10-,11-,12-,13-/m0/s1. The first kappa shape index (κ1) is 14.0. The zero-order chi connectivity index (χ0) is 16.1. The van der Waals surface area contributed by atoms with Crippen LogP contribution < -0.4 is 10.2 Å². The summed E-state index contributed by atoms with van der Waals surface area (Å²) in [4.78, 5) is 37.1. The number of amides is 3. The zero-order valence-electron chi connectivity index (χ0n) is 12.3. The zero-order valence-corrected chi connectivity index (χ0v) is 12.3. The number of benzene rings is 1. The van der Waals surface area contributed by atoms with Crippen LogP contribution in [0.3, 0.4) is 0 Å². The second kappa shape index (κ2) is 4.92. The fraction of sp³-hybridized carbons (Fsp3) is 0.312. The quantitative estimate of drug-likeness (QED) is 0.640.